The highest BCUT2D eigenvalue weighted by molar-refractivity contribution is 7.99. The highest BCUT2D eigenvalue weighted by Crippen LogP contribution is 2.19. The molecule has 0 fully saturated rings. The molecular weight excluding hydrogens is 321 g/mol. The Morgan fingerprint density at radius 1 is 1.23 bits per heavy atom. The monoisotopic (exact) mass is 337 g/mol. The average Bonchev–Trinajstić information content (AvgIpc) is 2.49. The number of carbonyl (C=O) groups is 1. The number of hydrogen-bond donors (Lipinski definition) is 1. The summed E-state index contributed by atoms with van der Waals surface area (Å²) in [5.41, 5.74) is 2.81. The van der Waals surface area contributed by atoms with E-state index in [9.17, 15) is 9.18 Å². The van der Waals surface area contributed by atoms with Crippen molar-refractivity contribution in [3.63, 3.8) is 0 Å². The summed E-state index contributed by atoms with van der Waals surface area (Å²) >= 11 is 7.08. The summed E-state index contributed by atoms with van der Waals surface area (Å²) in [7, 11) is 0. The first-order chi connectivity index (χ1) is 10.6. The van der Waals surface area contributed by atoms with Crippen LogP contribution in [0.4, 0.5) is 4.39 Å². The first-order valence-electron chi connectivity index (χ1n) is 6.89. The number of carbonyl (C=O) groups excluding carboxylic acids is 1. The van der Waals surface area contributed by atoms with E-state index in [4.69, 9.17) is 11.6 Å². The minimum Gasteiger partial charge on any atom is -0.351 e. The Morgan fingerprint density at radius 2 is 2.00 bits per heavy atom. The Labute approximate surface area is 139 Å². The highest BCUT2D eigenvalue weighted by atomic mass is 35.5. The molecule has 0 atom stereocenters. The molecule has 1 amide bonds. The third-order valence-corrected chi connectivity index (χ3v) is 4.46. The SMILES string of the molecule is Cc1ccccc1CNC(=O)CSCc1ccc(Cl)cc1F. The van der Waals surface area contributed by atoms with Crippen molar-refractivity contribution in [2.24, 2.45) is 0 Å². The normalized spacial score (nSPS) is 10.5. The van der Waals surface area contributed by atoms with Crippen molar-refractivity contribution in [2.45, 2.75) is 19.2 Å². The second kappa shape index (κ2) is 8.20. The third-order valence-electron chi connectivity index (χ3n) is 3.24. The quantitative estimate of drug-likeness (QED) is 0.849. The molecule has 0 bridgehead atoms. The van der Waals surface area contributed by atoms with Crippen molar-refractivity contribution >= 4 is 29.3 Å². The van der Waals surface area contributed by atoms with Crippen LogP contribution in [0.5, 0.6) is 0 Å². The second-order valence-electron chi connectivity index (χ2n) is 4.93. The van der Waals surface area contributed by atoms with E-state index >= 15 is 0 Å². The molecule has 0 unspecified atom stereocenters. The van der Waals surface area contributed by atoms with Crippen molar-refractivity contribution in [1.82, 2.24) is 5.32 Å². The number of nitrogens with one attached hydrogen (secondary N) is 1. The number of aryl methyl sites for hydroxylation is 1. The van der Waals surface area contributed by atoms with Gasteiger partial charge < -0.3 is 5.32 Å². The maximum Gasteiger partial charge on any atom is 0.230 e. The molecule has 5 heteroatoms. The van der Waals surface area contributed by atoms with Crippen LogP contribution in [-0.4, -0.2) is 11.7 Å². The van der Waals surface area contributed by atoms with Crippen molar-refractivity contribution in [3.05, 3.63) is 70.0 Å². The highest BCUT2D eigenvalue weighted by Gasteiger charge is 2.06. The molecule has 116 valence electrons. The van der Waals surface area contributed by atoms with E-state index in [1.807, 2.05) is 31.2 Å². The van der Waals surface area contributed by atoms with E-state index in [-0.39, 0.29) is 11.7 Å². The molecule has 0 aromatic heterocycles. The zero-order valence-electron chi connectivity index (χ0n) is 12.2. The van der Waals surface area contributed by atoms with Crippen LogP contribution >= 0.6 is 23.4 Å². The van der Waals surface area contributed by atoms with Gasteiger partial charge in [-0.25, -0.2) is 4.39 Å². The van der Waals surface area contributed by atoms with Crippen LogP contribution in [0.25, 0.3) is 0 Å². The smallest absolute Gasteiger partial charge is 0.230 e. The van der Waals surface area contributed by atoms with Crippen LogP contribution in [-0.2, 0) is 17.1 Å². The van der Waals surface area contributed by atoms with Gasteiger partial charge in [-0.1, -0.05) is 41.9 Å². The van der Waals surface area contributed by atoms with Gasteiger partial charge in [-0.3, -0.25) is 4.79 Å². The van der Waals surface area contributed by atoms with Gasteiger partial charge in [0.05, 0.1) is 5.75 Å². The number of amides is 1. The van der Waals surface area contributed by atoms with E-state index in [0.29, 0.717) is 28.6 Å². The molecule has 2 aromatic rings. The molecule has 0 aliphatic carbocycles. The summed E-state index contributed by atoms with van der Waals surface area (Å²) in [6.45, 7) is 2.53. The number of benzene rings is 2. The van der Waals surface area contributed by atoms with E-state index in [2.05, 4.69) is 5.32 Å². The number of thioether (sulfide) groups is 1. The Kier molecular flexibility index (Phi) is 6.28. The fourth-order valence-electron chi connectivity index (χ4n) is 1.95. The first-order valence-corrected chi connectivity index (χ1v) is 8.42. The molecule has 2 aromatic carbocycles. The van der Waals surface area contributed by atoms with Gasteiger partial charge in [0, 0.05) is 17.3 Å². The summed E-state index contributed by atoms with van der Waals surface area (Å²) in [5.74, 6) is 0.359. The summed E-state index contributed by atoms with van der Waals surface area (Å²) in [6.07, 6.45) is 0. The molecule has 0 saturated heterocycles. The van der Waals surface area contributed by atoms with Gasteiger partial charge >= 0.3 is 0 Å². The molecule has 22 heavy (non-hydrogen) atoms. The van der Waals surface area contributed by atoms with Gasteiger partial charge in [-0.2, -0.15) is 0 Å². The fourth-order valence-corrected chi connectivity index (χ4v) is 2.95. The lowest BCUT2D eigenvalue weighted by Crippen LogP contribution is -2.25. The number of halogens is 2. The Balaban J connectivity index is 1.75. The van der Waals surface area contributed by atoms with E-state index in [1.165, 1.54) is 17.8 Å². The Morgan fingerprint density at radius 3 is 2.73 bits per heavy atom. The van der Waals surface area contributed by atoms with Gasteiger partial charge in [-0.15, -0.1) is 11.8 Å². The second-order valence-corrected chi connectivity index (χ2v) is 6.35. The molecule has 2 rings (SSSR count). The maximum atomic E-state index is 13.6. The first kappa shape index (κ1) is 16.8. The molecule has 0 heterocycles. The Bertz CT molecular complexity index is 663. The summed E-state index contributed by atoms with van der Waals surface area (Å²) in [6, 6.07) is 12.5. The minimum absolute atomic E-state index is 0.0531. The number of hydrogen-bond acceptors (Lipinski definition) is 2. The van der Waals surface area contributed by atoms with Crippen molar-refractivity contribution < 1.29 is 9.18 Å². The topological polar surface area (TPSA) is 29.1 Å². The van der Waals surface area contributed by atoms with E-state index < -0.39 is 0 Å². The molecule has 2 nitrogen and oxygen atoms in total. The predicted octanol–water partition coefficient (Wildman–Crippen LogP) is 4.34. The molecular formula is C17H17ClFNOS. The molecule has 1 N–H and O–H groups in total. The van der Waals surface area contributed by atoms with Gasteiger partial charge in [0.15, 0.2) is 0 Å². The standard InChI is InChI=1S/C17H17ClFNOS/c1-12-4-2-3-5-13(12)9-20-17(21)11-22-10-14-6-7-15(18)8-16(14)19/h2-8H,9-11H2,1H3,(H,20,21). The van der Waals surface area contributed by atoms with Crippen LogP contribution in [0.15, 0.2) is 42.5 Å². The van der Waals surface area contributed by atoms with Gasteiger partial charge in [0.25, 0.3) is 0 Å². The molecule has 0 aliphatic rings. The van der Waals surface area contributed by atoms with Crippen LogP contribution in [0, 0.1) is 12.7 Å². The van der Waals surface area contributed by atoms with E-state index in [1.54, 1.807) is 12.1 Å². The van der Waals surface area contributed by atoms with Gasteiger partial charge in [0.2, 0.25) is 5.91 Å². The third kappa shape index (κ3) is 5.04. The summed E-state index contributed by atoms with van der Waals surface area (Å²) in [4.78, 5) is 11.8. The van der Waals surface area contributed by atoms with Crippen LogP contribution in [0.3, 0.4) is 0 Å². The minimum atomic E-state index is -0.333. The van der Waals surface area contributed by atoms with Crippen LogP contribution in [0.1, 0.15) is 16.7 Å². The van der Waals surface area contributed by atoms with Crippen molar-refractivity contribution in [1.29, 1.82) is 0 Å². The predicted molar refractivity (Wildman–Crippen MR) is 90.6 cm³/mol. The fraction of sp³-hybridized carbons (Fsp3) is 0.235. The zero-order valence-corrected chi connectivity index (χ0v) is 13.8. The molecule has 0 radical (unpaired) electrons. The van der Waals surface area contributed by atoms with Crippen molar-refractivity contribution in [3.8, 4) is 0 Å². The average molecular weight is 338 g/mol. The Hall–Kier alpha value is -1.52. The zero-order chi connectivity index (χ0) is 15.9. The van der Waals surface area contributed by atoms with Crippen LogP contribution in [0.2, 0.25) is 5.02 Å². The maximum absolute atomic E-state index is 13.6. The largest absolute Gasteiger partial charge is 0.351 e. The van der Waals surface area contributed by atoms with Crippen molar-refractivity contribution in [2.75, 3.05) is 5.75 Å². The molecule has 0 saturated carbocycles. The van der Waals surface area contributed by atoms with Crippen LogP contribution < -0.4 is 5.32 Å². The molecule has 0 aliphatic heterocycles. The molecule has 0 spiro atoms. The lowest BCUT2D eigenvalue weighted by molar-refractivity contribution is -0.118. The van der Waals surface area contributed by atoms with Gasteiger partial charge in [-0.05, 0) is 35.7 Å². The summed E-state index contributed by atoms with van der Waals surface area (Å²) in [5, 5.41) is 3.25. The number of rotatable bonds is 6. The lowest BCUT2D eigenvalue weighted by atomic mass is 10.1. The van der Waals surface area contributed by atoms with E-state index in [0.717, 1.165) is 11.1 Å². The summed E-state index contributed by atoms with van der Waals surface area (Å²) < 4.78 is 13.6. The lowest BCUT2D eigenvalue weighted by Gasteiger charge is -2.08. The van der Waals surface area contributed by atoms with Gasteiger partial charge in [0.1, 0.15) is 5.82 Å².